The fourth-order valence-corrected chi connectivity index (χ4v) is 4.09. The van der Waals surface area contributed by atoms with Crippen LogP contribution < -0.4 is 0 Å². The Morgan fingerprint density at radius 3 is 2.39 bits per heavy atom. The summed E-state index contributed by atoms with van der Waals surface area (Å²) < 4.78 is 62.9. The van der Waals surface area contributed by atoms with Gasteiger partial charge in [0.05, 0.1) is 12.7 Å². The second-order valence-corrected chi connectivity index (χ2v) is 8.63. The predicted octanol–water partition coefficient (Wildman–Crippen LogP) is 4.49. The highest BCUT2D eigenvalue weighted by Gasteiger charge is 2.43. The summed E-state index contributed by atoms with van der Waals surface area (Å²) >= 11 is 0.840. The lowest BCUT2D eigenvalue weighted by Crippen LogP contribution is -2.43. The van der Waals surface area contributed by atoms with Crippen LogP contribution in [0.25, 0.3) is 0 Å². The van der Waals surface area contributed by atoms with E-state index in [0.29, 0.717) is 6.07 Å². The van der Waals surface area contributed by atoms with Crippen molar-refractivity contribution in [2.24, 2.45) is 0 Å². The van der Waals surface area contributed by atoms with Crippen molar-refractivity contribution in [2.75, 3.05) is 13.7 Å². The largest absolute Gasteiger partial charge is 0.467 e. The molecule has 1 amide bonds. The quantitative estimate of drug-likeness (QED) is 0.530. The van der Waals surface area contributed by atoms with Gasteiger partial charge in [-0.1, -0.05) is 0 Å². The van der Waals surface area contributed by atoms with Gasteiger partial charge in [0, 0.05) is 16.7 Å². The molecule has 156 valence electrons. The molecule has 1 aromatic rings. The number of carbonyl (C=O) groups is 2. The Hall–Kier alpha value is -1.97. The number of halogens is 4. The van der Waals surface area contributed by atoms with Gasteiger partial charge in [-0.05, 0) is 45.4 Å². The summed E-state index contributed by atoms with van der Waals surface area (Å²) in [7, 11) is 1.16. The predicted molar refractivity (Wildman–Crippen MR) is 94.4 cm³/mol. The summed E-state index contributed by atoms with van der Waals surface area (Å²) in [4.78, 5) is 25.5. The van der Waals surface area contributed by atoms with Crippen LogP contribution in [0, 0.1) is 5.82 Å². The fourth-order valence-electron chi connectivity index (χ4n) is 2.77. The first-order chi connectivity index (χ1) is 12.8. The van der Waals surface area contributed by atoms with Gasteiger partial charge in [-0.25, -0.2) is 14.0 Å². The number of carbonyl (C=O) groups excluding carboxylic acids is 2. The molecule has 1 aliphatic heterocycles. The van der Waals surface area contributed by atoms with E-state index in [1.807, 2.05) is 0 Å². The Bertz CT molecular complexity index is 748. The van der Waals surface area contributed by atoms with E-state index in [0.717, 1.165) is 35.9 Å². The van der Waals surface area contributed by atoms with Crippen LogP contribution in [0.5, 0.6) is 0 Å². The lowest BCUT2D eigenvalue weighted by molar-refractivity contribution is -0.145. The Morgan fingerprint density at radius 1 is 1.21 bits per heavy atom. The molecule has 0 bridgehead atoms. The molecule has 0 aliphatic carbocycles. The summed E-state index contributed by atoms with van der Waals surface area (Å²) in [5.41, 5.74) is -1.90. The number of likely N-dealkylation sites (tertiary alicyclic amines) is 1. The molecule has 0 aromatic heterocycles. The topological polar surface area (TPSA) is 55.8 Å². The van der Waals surface area contributed by atoms with E-state index in [1.165, 1.54) is 0 Å². The fraction of sp³-hybridized carbons (Fsp3) is 0.556. The Labute approximate surface area is 164 Å². The molecule has 5 nitrogen and oxygen atoms in total. The normalized spacial score (nSPS) is 20.2. The Morgan fingerprint density at radius 2 is 1.86 bits per heavy atom. The molecule has 1 saturated heterocycles. The van der Waals surface area contributed by atoms with Gasteiger partial charge in [-0.15, -0.1) is 11.8 Å². The number of ether oxygens (including phenoxy) is 2. The van der Waals surface area contributed by atoms with Crippen LogP contribution in [-0.4, -0.2) is 47.5 Å². The van der Waals surface area contributed by atoms with E-state index in [4.69, 9.17) is 9.47 Å². The number of rotatable bonds is 3. The highest BCUT2D eigenvalue weighted by molar-refractivity contribution is 8.00. The molecule has 1 aromatic carbocycles. The minimum absolute atomic E-state index is 0.00593. The van der Waals surface area contributed by atoms with Crippen molar-refractivity contribution in [3.8, 4) is 0 Å². The third-order valence-electron chi connectivity index (χ3n) is 3.90. The van der Waals surface area contributed by atoms with Gasteiger partial charge in [-0.2, -0.15) is 13.2 Å². The number of thioether (sulfide) groups is 1. The van der Waals surface area contributed by atoms with E-state index >= 15 is 0 Å². The summed E-state index contributed by atoms with van der Waals surface area (Å²) in [5, 5.41) is -0.525. The molecular formula is C18H21F4NO4S. The van der Waals surface area contributed by atoms with Crippen LogP contribution in [0.1, 0.15) is 32.8 Å². The van der Waals surface area contributed by atoms with Crippen molar-refractivity contribution < 1.29 is 36.6 Å². The minimum Gasteiger partial charge on any atom is -0.467 e. The van der Waals surface area contributed by atoms with Crippen LogP contribution in [0.3, 0.4) is 0 Å². The van der Waals surface area contributed by atoms with Crippen molar-refractivity contribution >= 4 is 23.8 Å². The lowest BCUT2D eigenvalue weighted by atomic mass is 10.2. The number of nitrogens with zero attached hydrogens (tertiary/aromatic N) is 1. The number of amides is 1. The average molecular weight is 423 g/mol. The van der Waals surface area contributed by atoms with Crippen LogP contribution in [0.4, 0.5) is 22.4 Å². The van der Waals surface area contributed by atoms with Crippen LogP contribution >= 0.6 is 11.8 Å². The van der Waals surface area contributed by atoms with E-state index < -0.39 is 46.5 Å². The average Bonchev–Trinajstić information content (AvgIpc) is 2.97. The zero-order chi connectivity index (χ0) is 21.3. The number of alkyl halides is 3. The maximum atomic E-state index is 13.3. The molecule has 0 spiro atoms. The molecule has 2 atom stereocenters. The number of methoxy groups -OCH3 is 1. The summed E-state index contributed by atoms with van der Waals surface area (Å²) in [6.45, 7) is 4.98. The first kappa shape index (κ1) is 22.3. The minimum atomic E-state index is -4.73. The van der Waals surface area contributed by atoms with Gasteiger partial charge < -0.3 is 9.47 Å². The van der Waals surface area contributed by atoms with E-state index in [1.54, 1.807) is 20.8 Å². The van der Waals surface area contributed by atoms with E-state index in [9.17, 15) is 27.2 Å². The number of esters is 1. The van der Waals surface area contributed by atoms with Gasteiger partial charge in [0.25, 0.3) is 0 Å². The van der Waals surface area contributed by atoms with Gasteiger partial charge in [0.15, 0.2) is 0 Å². The smallest absolute Gasteiger partial charge is 0.417 e. The third kappa shape index (κ3) is 5.52. The number of hydrogen-bond donors (Lipinski definition) is 0. The van der Waals surface area contributed by atoms with Crippen LogP contribution in [-0.2, 0) is 20.4 Å². The van der Waals surface area contributed by atoms with Gasteiger partial charge in [-0.3, -0.25) is 4.90 Å². The Balaban J connectivity index is 2.25. The maximum absolute atomic E-state index is 13.3. The summed E-state index contributed by atoms with van der Waals surface area (Å²) in [5.74, 6) is -1.67. The Kier molecular flexibility index (Phi) is 6.52. The van der Waals surface area contributed by atoms with Crippen molar-refractivity contribution in [3.05, 3.63) is 29.6 Å². The first-order valence-electron chi connectivity index (χ1n) is 8.42. The SMILES string of the molecule is COC(=O)[C@@H]1C[C@@H](Sc2ccc(F)cc2C(F)(F)F)CN1C(=O)OC(C)(C)C. The van der Waals surface area contributed by atoms with E-state index in [-0.39, 0.29) is 17.9 Å². The molecule has 1 heterocycles. The molecule has 0 radical (unpaired) electrons. The van der Waals surface area contributed by atoms with Crippen molar-refractivity contribution in [1.29, 1.82) is 0 Å². The van der Waals surface area contributed by atoms with Crippen molar-refractivity contribution in [1.82, 2.24) is 4.90 Å². The second kappa shape index (κ2) is 8.18. The standard InChI is InChI=1S/C18H21F4NO4S/c1-17(2,3)27-16(25)23-9-11(8-13(23)15(24)26-4)28-14-6-5-10(19)7-12(14)18(20,21)22/h5-7,11,13H,8-9H2,1-4H3/t11-,13+/m1/s1. The van der Waals surface area contributed by atoms with Crippen LogP contribution in [0.2, 0.25) is 0 Å². The molecule has 0 N–H and O–H groups in total. The molecule has 1 aliphatic rings. The number of hydrogen-bond acceptors (Lipinski definition) is 5. The monoisotopic (exact) mass is 423 g/mol. The highest BCUT2D eigenvalue weighted by Crippen LogP contribution is 2.41. The molecule has 0 saturated carbocycles. The van der Waals surface area contributed by atoms with Crippen molar-refractivity contribution in [2.45, 2.75) is 55.2 Å². The summed E-state index contributed by atoms with van der Waals surface area (Å²) in [6.07, 6.45) is -5.39. The lowest BCUT2D eigenvalue weighted by Gasteiger charge is -2.27. The zero-order valence-electron chi connectivity index (χ0n) is 15.8. The second-order valence-electron chi connectivity index (χ2n) is 7.29. The maximum Gasteiger partial charge on any atom is 0.417 e. The van der Waals surface area contributed by atoms with Crippen molar-refractivity contribution in [3.63, 3.8) is 0 Å². The molecule has 0 unspecified atom stereocenters. The third-order valence-corrected chi connectivity index (χ3v) is 5.19. The van der Waals surface area contributed by atoms with Crippen LogP contribution in [0.15, 0.2) is 23.1 Å². The molecule has 10 heteroatoms. The van der Waals surface area contributed by atoms with E-state index in [2.05, 4.69) is 0 Å². The molecule has 2 rings (SSSR count). The van der Waals surface area contributed by atoms with Gasteiger partial charge >= 0.3 is 18.2 Å². The zero-order valence-corrected chi connectivity index (χ0v) is 16.6. The highest BCUT2D eigenvalue weighted by atomic mass is 32.2. The summed E-state index contributed by atoms with van der Waals surface area (Å²) in [6, 6.07) is 1.45. The first-order valence-corrected chi connectivity index (χ1v) is 9.30. The van der Waals surface area contributed by atoms with Gasteiger partial charge in [0.1, 0.15) is 17.5 Å². The molecular weight excluding hydrogens is 402 g/mol. The number of benzene rings is 1. The van der Waals surface area contributed by atoms with Gasteiger partial charge in [0.2, 0.25) is 0 Å². The molecule has 28 heavy (non-hydrogen) atoms. The molecule has 1 fully saturated rings.